The van der Waals surface area contributed by atoms with Crippen molar-refractivity contribution < 1.29 is 13.2 Å². The number of nitrogens with zero attached hydrogens (tertiary/aromatic N) is 2. The Morgan fingerprint density at radius 3 is 2.35 bits per heavy atom. The molecular weight excluding hydrogens is 350 g/mol. The number of piperazine rings is 1. The Morgan fingerprint density at radius 2 is 1.69 bits per heavy atom. The lowest BCUT2D eigenvalue weighted by atomic mass is 10.1. The molecule has 1 aromatic rings. The van der Waals surface area contributed by atoms with E-state index < -0.39 is 10.0 Å². The highest BCUT2D eigenvalue weighted by Crippen LogP contribution is 2.24. The largest absolute Gasteiger partial charge is 0.369 e. The number of benzene rings is 1. The Bertz CT molecular complexity index is 679. The summed E-state index contributed by atoms with van der Waals surface area (Å²) in [5, 5.41) is 2.90. The van der Waals surface area contributed by atoms with Crippen LogP contribution in [-0.4, -0.2) is 57.1 Å². The van der Waals surface area contributed by atoms with E-state index in [9.17, 15) is 13.2 Å². The van der Waals surface area contributed by atoms with Crippen LogP contribution in [0.25, 0.3) is 0 Å². The van der Waals surface area contributed by atoms with Crippen LogP contribution in [0.1, 0.15) is 32.1 Å². The molecule has 0 aromatic heterocycles. The number of carbonyl (C=O) groups excluding carboxylic acids is 1. The molecule has 1 aliphatic heterocycles. The van der Waals surface area contributed by atoms with Gasteiger partial charge in [-0.15, -0.1) is 0 Å². The number of para-hydroxylation sites is 1. The molecule has 26 heavy (non-hydrogen) atoms. The number of carbonyl (C=O) groups is 1. The van der Waals surface area contributed by atoms with Crippen LogP contribution in [0, 0.1) is 5.92 Å². The van der Waals surface area contributed by atoms with Crippen molar-refractivity contribution in [1.82, 2.24) is 9.62 Å². The molecule has 1 amide bonds. The number of anilines is 1. The summed E-state index contributed by atoms with van der Waals surface area (Å²) in [6, 6.07) is 10.1. The van der Waals surface area contributed by atoms with Crippen LogP contribution in [0.5, 0.6) is 0 Å². The smallest absolute Gasteiger partial charge is 0.223 e. The van der Waals surface area contributed by atoms with Gasteiger partial charge in [0.1, 0.15) is 0 Å². The molecule has 144 valence electrons. The normalized spacial score (nSPS) is 19.6. The van der Waals surface area contributed by atoms with Gasteiger partial charge in [0.2, 0.25) is 15.9 Å². The maximum absolute atomic E-state index is 12.5. The highest BCUT2D eigenvalue weighted by Gasteiger charge is 2.27. The summed E-state index contributed by atoms with van der Waals surface area (Å²) >= 11 is 0. The third-order valence-corrected chi connectivity index (χ3v) is 7.31. The fraction of sp³-hybridized carbons (Fsp3) is 0.632. The Balaban J connectivity index is 1.39. The number of hydrogen-bond donors (Lipinski definition) is 1. The van der Waals surface area contributed by atoms with Crippen molar-refractivity contribution in [3.05, 3.63) is 30.3 Å². The number of sulfonamides is 1. The van der Waals surface area contributed by atoms with Gasteiger partial charge in [0.25, 0.3) is 0 Å². The molecular formula is C19H29N3O3S. The highest BCUT2D eigenvalue weighted by atomic mass is 32.2. The van der Waals surface area contributed by atoms with Crippen molar-refractivity contribution in [2.45, 2.75) is 32.1 Å². The van der Waals surface area contributed by atoms with Crippen molar-refractivity contribution in [3.8, 4) is 0 Å². The molecule has 1 N–H and O–H groups in total. The lowest BCUT2D eigenvalue weighted by Gasteiger charge is -2.35. The molecule has 1 aromatic carbocycles. The summed E-state index contributed by atoms with van der Waals surface area (Å²) in [6.07, 6.45) is 4.66. The van der Waals surface area contributed by atoms with E-state index in [0.717, 1.165) is 31.4 Å². The summed E-state index contributed by atoms with van der Waals surface area (Å²) in [4.78, 5) is 14.2. The molecule has 1 saturated heterocycles. The van der Waals surface area contributed by atoms with Gasteiger partial charge >= 0.3 is 0 Å². The minimum atomic E-state index is -3.25. The number of hydrogen-bond acceptors (Lipinski definition) is 4. The van der Waals surface area contributed by atoms with Gasteiger partial charge in [-0.05, 0) is 31.4 Å². The van der Waals surface area contributed by atoms with Gasteiger partial charge in [-0.1, -0.05) is 31.0 Å². The van der Waals surface area contributed by atoms with Crippen LogP contribution in [0.15, 0.2) is 30.3 Å². The zero-order chi connectivity index (χ0) is 18.4. The van der Waals surface area contributed by atoms with Crippen molar-refractivity contribution in [2.75, 3.05) is 43.4 Å². The Morgan fingerprint density at radius 1 is 1.04 bits per heavy atom. The van der Waals surface area contributed by atoms with E-state index in [2.05, 4.69) is 22.3 Å². The monoisotopic (exact) mass is 379 g/mol. The molecule has 0 radical (unpaired) electrons. The molecule has 7 heteroatoms. The predicted octanol–water partition coefficient (Wildman–Crippen LogP) is 1.83. The first-order valence-electron chi connectivity index (χ1n) is 9.62. The average Bonchev–Trinajstić information content (AvgIpc) is 3.21. The number of nitrogens with one attached hydrogen (secondary N) is 1. The minimum absolute atomic E-state index is 0.0939. The number of amides is 1. The van der Waals surface area contributed by atoms with Crippen LogP contribution in [0.2, 0.25) is 0 Å². The third kappa shape index (κ3) is 4.98. The van der Waals surface area contributed by atoms with E-state index in [1.54, 1.807) is 4.31 Å². The molecule has 2 fully saturated rings. The first kappa shape index (κ1) is 19.2. The van der Waals surface area contributed by atoms with E-state index in [1.807, 2.05) is 18.2 Å². The SMILES string of the molecule is O=C(NCCCS(=O)(=O)N1CCN(c2ccccc2)CC1)C1CCCC1. The van der Waals surface area contributed by atoms with Crippen LogP contribution in [0.4, 0.5) is 5.69 Å². The summed E-state index contributed by atoms with van der Waals surface area (Å²) in [7, 11) is -3.25. The number of rotatable bonds is 7. The highest BCUT2D eigenvalue weighted by molar-refractivity contribution is 7.89. The fourth-order valence-electron chi connectivity index (χ4n) is 3.79. The predicted molar refractivity (Wildman–Crippen MR) is 104 cm³/mol. The Labute approximate surface area is 156 Å². The zero-order valence-corrected chi connectivity index (χ0v) is 16.1. The average molecular weight is 380 g/mol. The molecule has 1 heterocycles. The maximum Gasteiger partial charge on any atom is 0.223 e. The van der Waals surface area contributed by atoms with Gasteiger partial charge in [-0.25, -0.2) is 8.42 Å². The van der Waals surface area contributed by atoms with Gasteiger partial charge in [0.05, 0.1) is 5.75 Å². The van der Waals surface area contributed by atoms with Crippen LogP contribution < -0.4 is 10.2 Å². The lowest BCUT2D eigenvalue weighted by Crippen LogP contribution is -2.49. The summed E-state index contributed by atoms with van der Waals surface area (Å²) < 4.78 is 26.6. The molecule has 0 bridgehead atoms. The lowest BCUT2D eigenvalue weighted by molar-refractivity contribution is -0.124. The second-order valence-electron chi connectivity index (χ2n) is 7.16. The maximum atomic E-state index is 12.5. The molecule has 0 spiro atoms. The summed E-state index contributed by atoms with van der Waals surface area (Å²) in [5.41, 5.74) is 1.14. The van der Waals surface area contributed by atoms with Crippen molar-refractivity contribution in [1.29, 1.82) is 0 Å². The zero-order valence-electron chi connectivity index (χ0n) is 15.3. The summed E-state index contributed by atoms with van der Waals surface area (Å²) in [5.74, 6) is 0.331. The van der Waals surface area contributed by atoms with Crippen molar-refractivity contribution >= 4 is 21.6 Å². The van der Waals surface area contributed by atoms with Gasteiger partial charge in [-0.2, -0.15) is 4.31 Å². The fourth-order valence-corrected chi connectivity index (χ4v) is 5.28. The Hall–Kier alpha value is -1.60. The second-order valence-corrected chi connectivity index (χ2v) is 9.25. The second kappa shape index (κ2) is 8.86. The molecule has 3 rings (SSSR count). The van der Waals surface area contributed by atoms with E-state index in [0.29, 0.717) is 39.1 Å². The first-order chi connectivity index (χ1) is 12.6. The quantitative estimate of drug-likeness (QED) is 0.734. The minimum Gasteiger partial charge on any atom is -0.369 e. The molecule has 0 unspecified atom stereocenters. The topological polar surface area (TPSA) is 69.7 Å². The molecule has 1 aliphatic carbocycles. The van der Waals surface area contributed by atoms with Gasteiger partial charge in [-0.3, -0.25) is 4.79 Å². The standard InChI is InChI=1S/C19H29N3O3S/c23-19(17-7-4-5-8-17)20-11-6-16-26(24,25)22-14-12-21(13-15-22)18-9-2-1-3-10-18/h1-3,9-10,17H,4-8,11-16H2,(H,20,23). The first-order valence-corrected chi connectivity index (χ1v) is 11.2. The Kier molecular flexibility index (Phi) is 6.53. The van der Waals surface area contributed by atoms with Gasteiger partial charge in [0.15, 0.2) is 0 Å². The van der Waals surface area contributed by atoms with Crippen molar-refractivity contribution in [2.24, 2.45) is 5.92 Å². The molecule has 0 atom stereocenters. The van der Waals surface area contributed by atoms with E-state index >= 15 is 0 Å². The van der Waals surface area contributed by atoms with E-state index in [4.69, 9.17) is 0 Å². The van der Waals surface area contributed by atoms with Crippen LogP contribution >= 0.6 is 0 Å². The molecule has 2 aliphatic rings. The van der Waals surface area contributed by atoms with Gasteiger partial charge < -0.3 is 10.2 Å². The summed E-state index contributed by atoms with van der Waals surface area (Å²) in [6.45, 7) is 2.90. The van der Waals surface area contributed by atoms with Crippen LogP contribution in [0.3, 0.4) is 0 Å². The van der Waals surface area contributed by atoms with E-state index in [-0.39, 0.29) is 17.6 Å². The molecule has 1 saturated carbocycles. The molecule has 6 nitrogen and oxygen atoms in total. The van der Waals surface area contributed by atoms with E-state index in [1.165, 1.54) is 0 Å². The van der Waals surface area contributed by atoms with Crippen molar-refractivity contribution in [3.63, 3.8) is 0 Å². The van der Waals surface area contributed by atoms with Gasteiger partial charge in [0, 0.05) is 44.3 Å². The van der Waals surface area contributed by atoms with Crippen LogP contribution in [-0.2, 0) is 14.8 Å². The third-order valence-electron chi connectivity index (χ3n) is 5.36.